The van der Waals surface area contributed by atoms with Crippen molar-refractivity contribution >= 4 is 21.7 Å². The minimum absolute atomic E-state index is 0.140. The van der Waals surface area contributed by atoms with Gasteiger partial charge in [0.1, 0.15) is 16.8 Å². The van der Waals surface area contributed by atoms with Crippen LogP contribution in [-0.4, -0.2) is 38.4 Å². The van der Waals surface area contributed by atoms with Crippen LogP contribution in [0.15, 0.2) is 23.1 Å². The second-order valence-electron chi connectivity index (χ2n) is 4.84. The van der Waals surface area contributed by atoms with Gasteiger partial charge < -0.3 is 10.5 Å². The van der Waals surface area contributed by atoms with Gasteiger partial charge in [-0.25, -0.2) is 12.8 Å². The number of nitrogens with two attached hydrogens (primary N) is 1. The molecule has 0 bridgehead atoms. The molecule has 0 saturated carbocycles. The van der Waals surface area contributed by atoms with Crippen LogP contribution in [0.3, 0.4) is 0 Å². The lowest BCUT2D eigenvalue weighted by atomic mass is 10.1. The van der Waals surface area contributed by atoms with Crippen molar-refractivity contribution in [2.75, 3.05) is 19.4 Å². The number of carbonyl (C=O) groups is 1. The highest BCUT2D eigenvalue weighted by Gasteiger charge is 2.39. The quantitative estimate of drug-likeness (QED) is 0.667. The molecule has 1 heterocycles. The second kappa shape index (κ2) is 5.98. The molecule has 1 saturated heterocycles. The number of ether oxygens (including phenoxy) is 1. The fourth-order valence-electron chi connectivity index (χ4n) is 2.41. The highest BCUT2D eigenvalue weighted by atomic mass is 32.2. The van der Waals surface area contributed by atoms with Crippen LogP contribution in [0, 0.1) is 5.82 Å². The maximum Gasteiger partial charge on any atom is 0.324 e. The van der Waals surface area contributed by atoms with Crippen molar-refractivity contribution in [1.29, 1.82) is 0 Å². The largest absolute Gasteiger partial charge is 0.468 e. The lowest BCUT2D eigenvalue weighted by Crippen LogP contribution is -2.48. The molecule has 6 nitrogen and oxygen atoms in total. The van der Waals surface area contributed by atoms with E-state index in [4.69, 9.17) is 5.73 Å². The van der Waals surface area contributed by atoms with Crippen LogP contribution in [0.2, 0.25) is 0 Å². The summed E-state index contributed by atoms with van der Waals surface area (Å²) in [6.45, 7) is 0.149. The molecule has 0 radical (unpaired) electrons. The summed E-state index contributed by atoms with van der Waals surface area (Å²) >= 11 is 0. The fraction of sp³-hybridized carbons (Fsp3) is 0.462. The molecule has 0 spiro atoms. The molecule has 1 aromatic rings. The molecule has 1 aliphatic rings. The maximum absolute atomic E-state index is 13.9. The summed E-state index contributed by atoms with van der Waals surface area (Å²) in [4.78, 5) is 11.2. The van der Waals surface area contributed by atoms with Crippen molar-refractivity contribution in [3.8, 4) is 0 Å². The molecule has 0 aromatic heterocycles. The number of hydrogen-bond acceptors (Lipinski definition) is 5. The molecular formula is C13H17FN2O4S. The molecule has 1 fully saturated rings. The number of benzene rings is 1. The van der Waals surface area contributed by atoms with E-state index in [1.54, 1.807) is 0 Å². The van der Waals surface area contributed by atoms with Crippen LogP contribution in [-0.2, 0) is 19.6 Å². The molecule has 8 heteroatoms. The van der Waals surface area contributed by atoms with Crippen molar-refractivity contribution in [3.63, 3.8) is 0 Å². The molecular weight excluding hydrogens is 299 g/mol. The van der Waals surface area contributed by atoms with Gasteiger partial charge in [0.2, 0.25) is 10.0 Å². The standard InChI is InChI=1S/C13H17FN2O4S/c1-20-13(17)11-4-2-3-7-16(11)21(18,19)12-8-9(15)5-6-10(12)14/h5-6,8,11H,2-4,7,15H2,1H3. The van der Waals surface area contributed by atoms with Crippen LogP contribution in [0.4, 0.5) is 10.1 Å². The average molecular weight is 316 g/mol. The number of nitrogen functional groups attached to an aromatic ring is 1. The molecule has 1 unspecified atom stereocenters. The molecule has 1 atom stereocenters. The van der Waals surface area contributed by atoms with E-state index in [-0.39, 0.29) is 12.2 Å². The Morgan fingerprint density at radius 2 is 2.14 bits per heavy atom. The normalized spacial score (nSPS) is 20.2. The first-order valence-electron chi connectivity index (χ1n) is 6.52. The molecule has 1 aromatic carbocycles. The van der Waals surface area contributed by atoms with Crippen molar-refractivity contribution in [3.05, 3.63) is 24.0 Å². The van der Waals surface area contributed by atoms with Gasteiger partial charge in [-0.3, -0.25) is 4.79 Å². The highest BCUT2D eigenvalue weighted by molar-refractivity contribution is 7.89. The van der Waals surface area contributed by atoms with Gasteiger partial charge in [-0.05, 0) is 37.5 Å². The van der Waals surface area contributed by atoms with Gasteiger partial charge in [-0.2, -0.15) is 4.31 Å². The van der Waals surface area contributed by atoms with E-state index in [0.29, 0.717) is 19.3 Å². The predicted octanol–water partition coefficient (Wildman–Crippen LogP) is 1.12. The summed E-state index contributed by atoms with van der Waals surface area (Å²) in [5.74, 6) is -1.53. The Bertz CT molecular complexity index is 648. The van der Waals surface area contributed by atoms with Crippen molar-refractivity contribution in [1.82, 2.24) is 4.31 Å². The van der Waals surface area contributed by atoms with Crippen molar-refractivity contribution < 1.29 is 22.3 Å². The van der Waals surface area contributed by atoms with Crippen molar-refractivity contribution in [2.45, 2.75) is 30.2 Å². The monoisotopic (exact) mass is 316 g/mol. The second-order valence-corrected chi connectivity index (χ2v) is 6.70. The Morgan fingerprint density at radius 3 is 2.81 bits per heavy atom. The highest BCUT2D eigenvalue weighted by Crippen LogP contribution is 2.28. The number of anilines is 1. The molecule has 0 amide bonds. The number of sulfonamides is 1. The third-order valence-electron chi connectivity index (χ3n) is 3.47. The van der Waals surface area contributed by atoms with Crippen LogP contribution in [0.1, 0.15) is 19.3 Å². The van der Waals surface area contributed by atoms with E-state index in [1.807, 2.05) is 0 Å². The first-order valence-corrected chi connectivity index (χ1v) is 7.96. The Kier molecular flexibility index (Phi) is 4.48. The van der Waals surface area contributed by atoms with E-state index in [2.05, 4.69) is 4.74 Å². The first-order chi connectivity index (χ1) is 9.87. The topological polar surface area (TPSA) is 89.7 Å². The van der Waals surface area contributed by atoms with Gasteiger partial charge in [0.05, 0.1) is 7.11 Å². The Balaban J connectivity index is 2.45. The maximum atomic E-state index is 13.9. The van der Waals surface area contributed by atoms with Gasteiger partial charge in [-0.1, -0.05) is 0 Å². The number of rotatable bonds is 3. The predicted molar refractivity (Wildman–Crippen MR) is 74.4 cm³/mol. The van der Waals surface area contributed by atoms with E-state index in [0.717, 1.165) is 16.4 Å². The third-order valence-corrected chi connectivity index (χ3v) is 5.39. The number of hydrogen-bond donors (Lipinski definition) is 1. The van der Waals surface area contributed by atoms with Crippen LogP contribution in [0.25, 0.3) is 0 Å². The molecule has 21 heavy (non-hydrogen) atoms. The van der Waals surface area contributed by atoms with Gasteiger partial charge >= 0.3 is 5.97 Å². The smallest absolute Gasteiger partial charge is 0.324 e. The summed E-state index contributed by atoms with van der Waals surface area (Å²) in [5.41, 5.74) is 5.67. The number of halogens is 1. The third kappa shape index (κ3) is 3.01. The lowest BCUT2D eigenvalue weighted by molar-refractivity contribution is -0.146. The van der Waals surface area contributed by atoms with Crippen LogP contribution >= 0.6 is 0 Å². The summed E-state index contributed by atoms with van der Waals surface area (Å²) in [6, 6.07) is 2.42. The minimum atomic E-state index is -4.14. The SMILES string of the molecule is COC(=O)C1CCCCN1S(=O)(=O)c1cc(N)ccc1F. The zero-order chi connectivity index (χ0) is 15.6. The van der Waals surface area contributed by atoms with E-state index >= 15 is 0 Å². The Hall–Kier alpha value is -1.67. The molecule has 116 valence electrons. The van der Waals surface area contributed by atoms with Crippen LogP contribution < -0.4 is 5.73 Å². The summed E-state index contributed by atoms with van der Waals surface area (Å²) < 4.78 is 44.7. The number of carbonyl (C=O) groups excluding carboxylic acids is 1. The zero-order valence-corrected chi connectivity index (χ0v) is 12.4. The average Bonchev–Trinajstić information content (AvgIpc) is 2.48. The summed E-state index contributed by atoms with van der Waals surface area (Å²) in [7, 11) is -2.94. The molecule has 0 aliphatic carbocycles. The Morgan fingerprint density at radius 1 is 1.43 bits per heavy atom. The van der Waals surface area contributed by atoms with E-state index < -0.39 is 32.7 Å². The zero-order valence-electron chi connectivity index (χ0n) is 11.6. The van der Waals surface area contributed by atoms with E-state index in [9.17, 15) is 17.6 Å². The van der Waals surface area contributed by atoms with Gasteiger partial charge in [-0.15, -0.1) is 0 Å². The van der Waals surface area contributed by atoms with E-state index in [1.165, 1.54) is 13.2 Å². The van der Waals surface area contributed by atoms with Crippen LogP contribution in [0.5, 0.6) is 0 Å². The minimum Gasteiger partial charge on any atom is -0.468 e. The number of piperidine rings is 1. The number of methoxy groups -OCH3 is 1. The fourth-order valence-corrected chi connectivity index (χ4v) is 4.16. The summed E-state index contributed by atoms with van der Waals surface area (Å²) in [5, 5.41) is 0. The van der Waals surface area contributed by atoms with Gasteiger partial charge in [0.15, 0.2) is 0 Å². The number of esters is 1. The molecule has 2 N–H and O–H groups in total. The lowest BCUT2D eigenvalue weighted by Gasteiger charge is -2.32. The van der Waals surface area contributed by atoms with Gasteiger partial charge in [0, 0.05) is 12.2 Å². The Labute approximate surface area is 122 Å². The van der Waals surface area contributed by atoms with Gasteiger partial charge in [0.25, 0.3) is 0 Å². The number of nitrogens with zero attached hydrogens (tertiary/aromatic N) is 1. The first kappa shape index (κ1) is 15.7. The molecule has 2 rings (SSSR count). The van der Waals surface area contributed by atoms with Crippen molar-refractivity contribution in [2.24, 2.45) is 0 Å². The molecule has 1 aliphatic heterocycles. The summed E-state index contributed by atoms with van der Waals surface area (Å²) in [6.07, 6.45) is 1.68.